The maximum atomic E-state index is 12.9. The van der Waals surface area contributed by atoms with E-state index >= 15 is 0 Å². The zero-order valence-corrected chi connectivity index (χ0v) is 16.9. The van der Waals surface area contributed by atoms with Gasteiger partial charge in [-0.05, 0) is 19.9 Å². The smallest absolute Gasteiger partial charge is 0.274 e. The van der Waals surface area contributed by atoms with Crippen LogP contribution in [-0.2, 0) is 6.54 Å². The van der Waals surface area contributed by atoms with Gasteiger partial charge in [-0.15, -0.1) is 11.3 Å². The van der Waals surface area contributed by atoms with E-state index in [-0.39, 0.29) is 23.2 Å². The Morgan fingerprint density at radius 1 is 1.07 bits per heavy atom. The second kappa shape index (κ2) is 7.97. The number of thiazole rings is 1. The first-order valence-corrected chi connectivity index (χ1v) is 10.2. The summed E-state index contributed by atoms with van der Waals surface area (Å²) >= 11 is 1.54. The largest absolute Gasteiger partial charge is 0.345 e. The van der Waals surface area contributed by atoms with Gasteiger partial charge in [0, 0.05) is 16.3 Å². The zero-order valence-electron chi connectivity index (χ0n) is 16.1. The summed E-state index contributed by atoms with van der Waals surface area (Å²) in [6.07, 6.45) is 0. The summed E-state index contributed by atoms with van der Waals surface area (Å²) in [5.74, 6) is -0.329. The van der Waals surface area contributed by atoms with Gasteiger partial charge in [-0.2, -0.15) is 5.10 Å². The number of hydrogen-bond donors (Lipinski definition) is 1. The van der Waals surface area contributed by atoms with Crippen LogP contribution in [0, 0.1) is 0 Å². The minimum Gasteiger partial charge on any atom is -0.345 e. The maximum absolute atomic E-state index is 12.9. The summed E-state index contributed by atoms with van der Waals surface area (Å²) in [6.45, 7) is 4.02. The van der Waals surface area contributed by atoms with E-state index in [4.69, 9.17) is 0 Å². The van der Waals surface area contributed by atoms with E-state index in [0.717, 1.165) is 16.3 Å². The number of hydrogen-bond acceptors (Lipinski definition) is 5. The van der Waals surface area contributed by atoms with Crippen LogP contribution in [-0.4, -0.2) is 20.7 Å². The molecule has 29 heavy (non-hydrogen) atoms. The van der Waals surface area contributed by atoms with E-state index < -0.39 is 0 Å². The van der Waals surface area contributed by atoms with Crippen LogP contribution < -0.4 is 10.9 Å². The molecule has 4 rings (SSSR count). The van der Waals surface area contributed by atoms with Gasteiger partial charge >= 0.3 is 0 Å². The Morgan fingerprint density at radius 2 is 1.76 bits per heavy atom. The number of nitrogens with one attached hydrogen (secondary N) is 1. The van der Waals surface area contributed by atoms with Crippen molar-refractivity contribution in [1.82, 2.24) is 20.1 Å². The molecule has 0 radical (unpaired) electrons. The lowest BCUT2D eigenvalue weighted by Gasteiger charge is -2.13. The quantitative estimate of drug-likeness (QED) is 0.545. The molecule has 0 spiro atoms. The molecule has 0 aliphatic carbocycles. The van der Waals surface area contributed by atoms with Crippen LogP contribution >= 0.6 is 11.3 Å². The van der Waals surface area contributed by atoms with Crippen molar-refractivity contribution in [2.45, 2.75) is 26.4 Å². The van der Waals surface area contributed by atoms with Gasteiger partial charge in [0.05, 0.1) is 23.7 Å². The highest BCUT2D eigenvalue weighted by molar-refractivity contribution is 7.13. The van der Waals surface area contributed by atoms with E-state index in [1.54, 1.807) is 24.3 Å². The third kappa shape index (κ3) is 3.82. The minimum atomic E-state index is -0.329. The van der Waals surface area contributed by atoms with Crippen molar-refractivity contribution in [3.63, 3.8) is 0 Å². The molecule has 0 unspecified atom stereocenters. The third-order valence-corrected chi connectivity index (χ3v) is 5.48. The second-order valence-electron chi connectivity index (χ2n) is 6.93. The van der Waals surface area contributed by atoms with Crippen molar-refractivity contribution in [2.24, 2.45) is 0 Å². The fourth-order valence-electron chi connectivity index (χ4n) is 3.08. The van der Waals surface area contributed by atoms with Crippen molar-refractivity contribution in [3.05, 3.63) is 81.7 Å². The Hall–Kier alpha value is -3.32. The first-order valence-electron chi connectivity index (χ1n) is 9.34. The molecule has 2 heterocycles. The molecule has 6 nitrogen and oxygen atoms in total. The fourth-order valence-corrected chi connectivity index (χ4v) is 3.91. The van der Waals surface area contributed by atoms with Gasteiger partial charge in [-0.1, -0.05) is 48.5 Å². The summed E-state index contributed by atoms with van der Waals surface area (Å²) < 4.78 is 1.35. The van der Waals surface area contributed by atoms with Crippen LogP contribution in [0.25, 0.3) is 21.3 Å². The summed E-state index contributed by atoms with van der Waals surface area (Å²) in [5, 5.41) is 11.1. The summed E-state index contributed by atoms with van der Waals surface area (Å²) in [6, 6.07) is 16.8. The molecule has 7 heteroatoms. The van der Waals surface area contributed by atoms with E-state index in [0.29, 0.717) is 17.3 Å². The first-order chi connectivity index (χ1) is 14.0. The standard InChI is InChI=1S/C22H20N4O2S/c1-14(2)26-22(28)18-11-7-6-10-17(18)19(25-26)20(27)23-12-16-13-29-21(24-16)15-8-4-3-5-9-15/h3-11,13-14H,12H2,1-2H3,(H,23,27). The van der Waals surface area contributed by atoms with E-state index in [2.05, 4.69) is 15.4 Å². The molecular weight excluding hydrogens is 384 g/mol. The van der Waals surface area contributed by atoms with E-state index in [1.165, 1.54) is 16.0 Å². The molecule has 4 aromatic rings. The van der Waals surface area contributed by atoms with Crippen molar-refractivity contribution >= 4 is 28.0 Å². The molecule has 2 aromatic heterocycles. The summed E-state index contributed by atoms with van der Waals surface area (Å²) in [7, 11) is 0. The monoisotopic (exact) mass is 404 g/mol. The van der Waals surface area contributed by atoms with E-state index in [9.17, 15) is 9.59 Å². The molecule has 1 amide bonds. The molecular formula is C22H20N4O2S. The Morgan fingerprint density at radius 3 is 2.48 bits per heavy atom. The molecule has 0 bridgehead atoms. The van der Waals surface area contributed by atoms with Gasteiger partial charge in [0.2, 0.25) is 0 Å². The lowest BCUT2D eigenvalue weighted by molar-refractivity contribution is 0.0944. The minimum absolute atomic E-state index is 0.148. The van der Waals surface area contributed by atoms with Crippen LogP contribution in [0.1, 0.15) is 36.1 Å². The normalized spacial score (nSPS) is 11.1. The number of benzene rings is 2. The number of aromatic nitrogens is 3. The molecule has 0 atom stereocenters. The Kier molecular flexibility index (Phi) is 5.22. The number of fused-ring (bicyclic) bond motifs is 1. The van der Waals surface area contributed by atoms with Gasteiger partial charge in [0.25, 0.3) is 11.5 Å². The van der Waals surface area contributed by atoms with Crippen LogP contribution in [0.4, 0.5) is 0 Å². The second-order valence-corrected chi connectivity index (χ2v) is 7.79. The SMILES string of the molecule is CC(C)n1nc(C(=O)NCc2csc(-c3ccccc3)n2)c2ccccc2c1=O. The zero-order chi connectivity index (χ0) is 20.4. The topological polar surface area (TPSA) is 76.9 Å². The molecule has 2 aromatic carbocycles. The molecule has 146 valence electrons. The number of amides is 1. The molecule has 0 aliphatic rings. The molecule has 0 saturated heterocycles. The Bertz CT molecular complexity index is 1230. The third-order valence-electron chi connectivity index (χ3n) is 4.54. The van der Waals surface area contributed by atoms with Gasteiger partial charge in [-0.3, -0.25) is 9.59 Å². The molecule has 0 fully saturated rings. The van der Waals surface area contributed by atoms with Crippen molar-refractivity contribution in [2.75, 3.05) is 0 Å². The summed E-state index contributed by atoms with van der Waals surface area (Å²) in [5.41, 5.74) is 1.88. The number of carbonyl (C=O) groups excluding carboxylic acids is 1. The van der Waals surface area contributed by atoms with Crippen LogP contribution in [0.5, 0.6) is 0 Å². The van der Waals surface area contributed by atoms with Gasteiger partial charge < -0.3 is 5.32 Å². The average molecular weight is 404 g/mol. The highest BCUT2D eigenvalue weighted by Gasteiger charge is 2.18. The molecule has 1 N–H and O–H groups in total. The number of rotatable bonds is 5. The van der Waals surface area contributed by atoms with Crippen molar-refractivity contribution in [1.29, 1.82) is 0 Å². The lowest BCUT2D eigenvalue weighted by atomic mass is 10.1. The van der Waals surface area contributed by atoms with Crippen LogP contribution in [0.15, 0.2) is 64.8 Å². The van der Waals surface area contributed by atoms with Crippen molar-refractivity contribution < 1.29 is 4.79 Å². The molecule has 0 saturated carbocycles. The van der Waals surface area contributed by atoms with Crippen LogP contribution in [0.3, 0.4) is 0 Å². The first kappa shape index (κ1) is 19.0. The summed E-state index contributed by atoms with van der Waals surface area (Å²) in [4.78, 5) is 30.1. The molecule has 0 aliphatic heterocycles. The van der Waals surface area contributed by atoms with Crippen LogP contribution in [0.2, 0.25) is 0 Å². The highest BCUT2D eigenvalue weighted by Crippen LogP contribution is 2.23. The number of nitrogens with zero attached hydrogens (tertiary/aromatic N) is 3. The maximum Gasteiger partial charge on any atom is 0.274 e. The van der Waals surface area contributed by atoms with E-state index in [1.807, 2.05) is 49.6 Å². The lowest BCUT2D eigenvalue weighted by Crippen LogP contribution is -2.31. The fraction of sp³-hybridized carbons (Fsp3) is 0.182. The highest BCUT2D eigenvalue weighted by atomic mass is 32.1. The Balaban J connectivity index is 1.59. The predicted molar refractivity (Wildman–Crippen MR) is 115 cm³/mol. The van der Waals surface area contributed by atoms with Gasteiger partial charge in [0.1, 0.15) is 5.01 Å². The average Bonchev–Trinajstić information content (AvgIpc) is 3.22. The number of carbonyl (C=O) groups is 1. The van der Waals surface area contributed by atoms with Gasteiger partial charge in [0.15, 0.2) is 5.69 Å². The Labute approximate surface area is 171 Å². The predicted octanol–water partition coefficient (Wildman–Crippen LogP) is 4.03. The van der Waals surface area contributed by atoms with Gasteiger partial charge in [-0.25, -0.2) is 9.67 Å². The van der Waals surface area contributed by atoms with Crippen molar-refractivity contribution in [3.8, 4) is 10.6 Å².